The van der Waals surface area contributed by atoms with Crippen LogP contribution in [0.1, 0.15) is 11.1 Å². The van der Waals surface area contributed by atoms with Gasteiger partial charge in [0.15, 0.2) is 0 Å². The van der Waals surface area contributed by atoms with Crippen molar-refractivity contribution in [1.29, 1.82) is 10.8 Å². The summed E-state index contributed by atoms with van der Waals surface area (Å²) >= 11 is 0. The fraction of sp³-hybridized carbons (Fsp3) is 0.286. The lowest BCUT2D eigenvalue weighted by molar-refractivity contribution is 0.576. The maximum atomic E-state index is 14.5. The molecule has 20 heavy (non-hydrogen) atoms. The molecule has 2 aliphatic rings. The molecule has 2 rings (SSSR count). The van der Waals surface area contributed by atoms with Crippen molar-refractivity contribution in [2.45, 2.75) is 13.8 Å². The second kappa shape index (κ2) is 4.70. The van der Waals surface area contributed by atoms with Gasteiger partial charge in [-0.3, -0.25) is 20.8 Å². The van der Waals surface area contributed by atoms with Crippen molar-refractivity contribution < 1.29 is 8.78 Å². The minimum Gasteiger partial charge on any atom is -0.298 e. The minimum atomic E-state index is -0.758. The van der Waals surface area contributed by atoms with E-state index in [1.165, 1.54) is 27.9 Å². The Labute approximate surface area is 113 Å². The molecule has 0 aliphatic heterocycles. The lowest BCUT2D eigenvalue weighted by Gasteiger charge is -2.05. The Hall–Kier alpha value is -2.24. The van der Waals surface area contributed by atoms with Gasteiger partial charge in [-0.2, -0.15) is 0 Å². The molecule has 0 aromatic heterocycles. The highest BCUT2D eigenvalue weighted by molar-refractivity contribution is 5.27. The molecule has 0 atom stereocenters. The largest absolute Gasteiger partial charge is 0.298 e. The summed E-state index contributed by atoms with van der Waals surface area (Å²) in [5.41, 5.74) is 0.217. The van der Waals surface area contributed by atoms with Crippen LogP contribution in [0.25, 0.3) is 0 Å². The van der Waals surface area contributed by atoms with Crippen LogP contribution in [0.2, 0.25) is 0 Å². The van der Waals surface area contributed by atoms with E-state index in [1.807, 2.05) is 0 Å². The number of halogens is 2. The highest BCUT2D eigenvalue weighted by Gasteiger charge is 2.15. The lowest BCUT2D eigenvalue weighted by Crippen LogP contribution is -2.38. The SMILES string of the molecule is CN=c1c(C)c(F)c2c(=NC)c(=N)c(C)c(F)c=2c1=N. The van der Waals surface area contributed by atoms with E-state index in [0.29, 0.717) is 0 Å². The summed E-state index contributed by atoms with van der Waals surface area (Å²) in [6, 6.07) is 0. The average Bonchev–Trinajstić information content (AvgIpc) is 2.42. The molecule has 0 saturated carbocycles. The summed E-state index contributed by atoms with van der Waals surface area (Å²) in [5.74, 6) is -1.43. The van der Waals surface area contributed by atoms with E-state index in [2.05, 4.69) is 9.98 Å². The Morgan fingerprint density at radius 2 is 1.25 bits per heavy atom. The van der Waals surface area contributed by atoms with Crippen LogP contribution in [0.4, 0.5) is 8.78 Å². The summed E-state index contributed by atoms with van der Waals surface area (Å²) in [6.07, 6.45) is 0. The van der Waals surface area contributed by atoms with Crippen molar-refractivity contribution >= 4 is 0 Å². The van der Waals surface area contributed by atoms with Crippen molar-refractivity contribution in [3.63, 3.8) is 0 Å². The zero-order chi connectivity index (χ0) is 15.2. The summed E-state index contributed by atoms with van der Waals surface area (Å²) in [5, 5.41) is 15.5. The van der Waals surface area contributed by atoms with Crippen molar-refractivity contribution in [1.82, 2.24) is 0 Å². The van der Waals surface area contributed by atoms with Crippen LogP contribution in [0.5, 0.6) is 0 Å². The first-order valence-corrected chi connectivity index (χ1v) is 5.97. The molecule has 0 fully saturated rings. The zero-order valence-electron chi connectivity index (χ0n) is 11.7. The molecule has 2 aliphatic carbocycles. The van der Waals surface area contributed by atoms with Gasteiger partial charge in [0.25, 0.3) is 0 Å². The highest BCUT2D eigenvalue weighted by atomic mass is 19.1. The number of rotatable bonds is 0. The predicted molar refractivity (Wildman–Crippen MR) is 68.2 cm³/mol. The van der Waals surface area contributed by atoms with Crippen LogP contribution >= 0.6 is 0 Å². The van der Waals surface area contributed by atoms with Crippen LogP contribution in [-0.4, -0.2) is 14.1 Å². The van der Waals surface area contributed by atoms with Crippen LogP contribution in [-0.2, 0) is 0 Å². The van der Waals surface area contributed by atoms with Gasteiger partial charge in [0.05, 0.1) is 31.9 Å². The van der Waals surface area contributed by atoms with E-state index < -0.39 is 11.6 Å². The molecule has 6 heteroatoms. The van der Waals surface area contributed by atoms with Gasteiger partial charge in [-0.1, -0.05) is 0 Å². The molecule has 4 nitrogen and oxygen atoms in total. The number of hydrogen-bond acceptors (Lipinski definition) is 4. The first kappa shape index (κ1) is 14.2. The lowest BCUT2D eigenvalue weighted by atomic mass is 10.0. The summed E-state index contributed by atoms with van der Waals surface area (Å²) < 4.78 is 28.9. The first-order chi connectivity index (χ1) is 9.36. The second-order valence-corrected chi connectivity index (χ2v) is 4.52. The van der Waals surface area contributed by atoms with E-state index >= 15 is 0 Å². The predicted octanol–water partition coefficient (Wildman–Crippen LogP) is 0.202. The molecular formula is C14H14F2N4. The summed E-state index contributed by atoms with van der Waals surface area (Å²) in [4.78, 5) is 7.75. The van der Waals surface area contributed by atoms with E-state index in [-0.39, 0.29) is 43.0 Å². The third kappa shape index (κ3) is 1.64. The monoisotopic (exact) mass is 276 g/mol. The van der Waals surface area contributed by atoms with Crippen LogP contribution in [0.3, 0.4) is 0 Å². The molecule has 0 unspecified atom stereocenters. The molecule has 0 saturated heterocycles. The molecule has 0 amide bonds. The second-order valence-electron chi connectivity index (χ2n) is 4.52. The average molecular weight is 276 g/mol. The van der Waals surface area contributed by atoms with E-state index in [4.69, 9.17) is 10.8 Å². The quantitative estimate of drug-likeness (QED) is 0.690. The molecule has 104 valence electrons. The number of nitrogens with one attached hydrogen (secondary N) is 2. The number of nitrogens with zero attached hydrogens (tertiary/aromatic N) is 2. The van der Waals surface area contributed by atoms with Gasteiger partial charge in [-0.05, 0) is 13.8 Å². The Kier molecular flexibility index (Phi) is 3.33. The van der Waals surface area contributed by atoms with Crippen LogP contribution in [0, 0.1) is 46.7 Å². The maximum Gasteiger partial charge on any atom is 0.138 e. The summed E-state index contributed by atoms with van der Waals surface area (Å²) in [6.45, 7) is 2.90. The third-order valence-corrected chi connectivity index (χ3v) is 3.49. The Morgan fingerprint density at radius 3 is 1.75 bits per heavy atom. The van der Waals surface area contributed by atoms with Crippen molar-refractivity contribution in [2.75, 3.05) is 14.1 Å². The van der Waals surface area contributed by atoms with Gasteiger partial charge in [0.2, 0.25) is 0 Å². The zero-order valence-corrected chi connectivity index (χ0v) is 11.7. The van der Waals surface area contributed by atoms with E-state index in [9.17, 15) is 8.78 Å². The van der Waals surface area contributed by atoms with Gasteiger partial charge in [0, 0.05) is 25.2 Å². The fourth-order valence-electron chi connectivity index (χ4n) is 2.38. The molecule has 0 heterocycles. The molecule has 0 aromatic rings. The topological polar surface area (TPSA) is 72.4 Å². The van der Waals surface area contributed by atoms with Crippen molar-refractivity contribution in [3.8, 4) is 0 Å². The van der Waals surface area contributed by atoms with Crippen molar-refractivity contribution in [2.24, 2.45) is 9.98 Å². The van der Waals surface area contributed by atoms with Gasteiger partial charge < -0.3 is 0 Å². The van der Waals surface area contributed by atoms with Gasteiger partial charge in [0.1, 0.15) is 11.6 Å². The minimum absolute atomic E-state index is 0.0527. The molecule has 2 N–H and O–H groups in total. The molecule has 0 aromatic carbocycles. The van der Waals surface area contributed by atoms with E-state index in [0.717, 1.165) is 0 Å². The summed E-state index contributed by atoms with van der Waals surface area (Å²) in [7, 11) is 2.85. The Balaban J connectivity index is 3.60. The normalized spacial score (nSPS) is 13.5. The van der Waals surface area contributed by atoms with Crippen molar-refractivity contribution in [3.05, 3.63) is 54.6 Å². The van der Waals surface area contributed by atoms with Gasteiger partial charge in [-0.15, -0.1) is 0 Å². The first-order valence-electron chi connectivity index (χ1n) is 5.97. The fourth-order valence-corrected chi connectivity index (χ4v) is 2.38. The molecule has 0 radical (unpaired) electrons. The molecule has 0 bridgehead atoms. The molecular weight excluding hydrogens is 262 g/mol. The Morgan fingerprint density at radius 1 is 0.750 bits per heavy atom. The van der Waals surface area contributed by atoms with Gasteiger partial charge >= 0.3 is 0 Å². The standard InChI is InChI=1S/C14H14F2N4/c1-5-9(15)7-8(14(20-4)11(5)17)10(16)6(2)13(19-3)12(7)18/h17-18H,1-4H3. The molecule has 0 spiro atoms. The maximum absolute atomic E-state index is 14.5. The van der Waals surface area contributed by atoms with E-state index in [1.54, 1.807) is 0 Å². The van der Waals surface area contributed by atoms with Crippen LogP contribution < -0.4 is 21.4 Å². The van der Waals surface area contributed by atoms with Gasteiger partial charge in [-0.25, -0.2) is 8.78 Å². The third-order valence-electron chi connectivity index (χ3n) is 3.49. The number of hydrogen-bond donors (Lipinski definition) is 2. The van der Waals surface area contributed by atoms with Crippen LogP contribution in [0.15, 0.2) is 9.98 Å². The smallest absolute Gasteiger partial charge is 0.138 e. The Bertz CT molecular complexity index is 996. The highest BCUT2D eigenvalue weighted by Crippen LogP contribution is 2.05.